The Morgan fingerprint density at radius 3 is 2.28 bits per heavy atom. The summed E-state index contributed by atoms with van der Waals surface area (Å²) in [7, 11) is -2.43. The second kappa shape index (κ2) is 13.6. The maximum absolute atomic E-state index is 13.7. The lowest BCUT2D eigenvalue weighted by molar-refractivity contribution is -0.133. The van der Waals surface area contributed by atoms with Gasteiger partial charge in [-0.05, 0) is 70.3 Å². The third-order valence-electron chi connectivity index (χ3n) is 7.71. The fraction of sp³-hybridized carbons (Fsp3) is 0.593. The van der Waals surface area contributed by atoms with Gasteiger partial charge >= 0.3 is 0 Å². The van der Waals surface area contributed by atoms with Gasteiger partial charge in [0.2, 0.25) is 5.88 Å². The molecule has 0 atom stereocenters. The van der Waals surface area contributed by atoms with E-state index in [2.05, 4.69) is 19.8 Å². The Bertz CT molecular complexity index is 1160. The number of hydrogen-bond acceptors (Lipinski definition) is 10. The number of nitrogens with one attached hydrogen (secondary N) is 1. The molecule has 0 unspecified atom stereocenters. The minimum absolute atomic E-state index is 0.0261. The Morgan fingerprint density at radius 2 is 1.67 bits per heavy atom. The summed E-state index contributed by atoms with van der Waals surface area (Å²) < 4.78 is 36.6. The van der Waals surface area contributed by atoms with Crippen LogP contribution in [-0.4, -0.2) is 104 Å². The number of amides is 1. The van der Waals surface area contributed by atoms with Crippen molar-refractivity contribution in [2.75, 3.05) is 59.6 Å². The normalized spacial score (nSPS) is 18.2. The van der Waals surface area contributed by atoms with Crippen molar-refractivity contribution in [2.24, 2.45) is 0 Å². The first-order valence-electron chi connectivity index (χ1n) is 13.6. The molecule has 0 aliphatic carbocycles. The summed E-state index contributed by atoms with van der Waals surface area (Å²) in [5.74, 6) is -0.448. The topological polar surface area (TPSA) is 134 Å². The average Bonchev–Trinajstić information content (AvgIpc) is 3.49. The molecule has 2 fully saturated rings. The van der Waals surface area contributed by atoms with Crippen molar-refractivity contribution in [3.63, 3.8) is 0 Å². The molecule has 2 N–H and O–H groups in total. The Kier molecular flexibility index (Phi) is 10.2. The van der Waals surface area contributed by atoms with Crippen LogP contribution in [0.1, 0.15) is 38.5 Å². The zero-order chi connectivity index (χ0) is 27.7. The molecule has 11 nitrogen and oxygen atoms in total. The summed E-state index contributed by atoms with van der Waals surface area (Å²) in [6.07, 6.45) is 7.66. The molecule has 1 aromatic carbocycles. The van der Waals surface area contributed by atoms with Crippen LogP contribution in [0, 0.1) is 0 Å². The van der Waals surface area contributed by atoms with Gasteiger partial charge in [0, 0.05) is 38.9 Å². The Balaban J connectivity index is 1.40. The number of sulfone groups is 1. The molecule has 39 heavy (non-hydrogen) atoms. The van der Waals surface area contributed by atoms with E-state index in [4.69, 9.17) is 9.47 Å². The van der Waals surface area contributed by atoms with E-state index < -0.39 is 20.5 Å². The van der Waals surface area contributed by atoms with Gasteiger partial charge in [-0.25, -0.2) is 23.9 Å². The van der Waals surface area contributed by atoms with Crippen molar-refractivity contribution in [1.29, 1.82) is 0 Å². The number of unbranched alkanes of at least 4 members (excludes halogenated alkanes) is 1. The maximum atomic E-state index is 13.7. The number of piperidine rings is 1. The fourth-order valence-electron chi connectivity index (χ4n) is 5.30. The molecule has 0 saturated carbocycles. The monoisotopic (exact) mass is 561 g/mol. The predicted octanol–water partition coefficient (Wildman–Crippen LogP) is 2.16. The molecule has 2 aromatic rings. The van der Waals surface area contributed by atoms with Crippen LogP contribution in [0.2, 0.25) is 0 Å². The smallest absolute Gasteiger partial charge is 0.265 e. The number of hydroxylamine groups is 1. The zero-order valence-electron chi connectivity index (χ0n) is 22.5. The van der Waals surface area contributed by atoms with Crippen molar-refractivity contribution in [2.45, 2.75) is 48.2 Å². The molecule has 0 spiro atoms. The van der Waals surface area contributed by atoms with Crippen LogP contribution < -0.4 is 10.2 Å². The van der Waals surface area contributed by atoms with Crippen LogP contribution in [0.5, 0.6) is 5.88 Å². The molecule has 12 heteroatoms. The molecular formula is C27H39N5O6S. The third kappa shape index (κ3) is 6.93. The number of methoxy groups -OCH3 is 1. The van der Waals surface area contributed by atoms with Crippen molar-refractivity contribution in [1.82, 2.24) is 25.2 Å². The lowest BCUT2D eigenvalue weighted by atomic mass is 9.94. The minimum atomic E-state index is -4.09. The highest BCUT2D eigenvalue weighted by molar-refractivity contribution is 7.93. The summed E-state index contributed by atoms with van der Waals surface area (Å²) >= 11 is 0. The van der Waals surface area contributed by atoms with Crippen molar-refractivity contribution in [3.05, 3.63) is 36.7 Å². The van der Waals surface area contributed by atoms with Gasteiger partial charge in [0.15, 0.2) is 14.6 Å². The highest BCUT2D eigenvalue weighted by atomic mass is 32.2. The first-order valence-corrected chi connectivity index (χ1v) is 15.1. The van der Waals surface area contributed by atoms with Gasteiger partial charge in [0.05, 0.1) is 23.0 Å². The van der Waals surface area contributed by atoms with E-state index in [1.165, 1.54) is 25.0 Å². The Labute approximate surface area is 230 Å². The minimum Gasteiger partial charge on any atom is -0.475 e. The second-order valence-corrected chi connectivity index (χ2v) is 12.4. The first-order chi connectivity index (χ1) is 18.9. The van der Waals surface area contributed by atoms with Crippen LogP contribution >= 0.6 is 0 Å². The number of hydrogen-bond donors (Lipinski definition) is 2. The maximum Gasteiger partial charge on any atom is 0.265 e. The quantitative estimate of drug-likeness (QED) is 0.213. The molecule has 1 aromatic heterocycles. The summed E-state index contributed by atoms with van der Waals surface area (Å²) in [4.78, 5) is 26.1. The van der Waals surface area contributed by atoms with Gasteiger partial charge < -0.3 is 14.4 Å². The molecule has 3 heterocycles. The van der Waals surface area contributed by atoms with Crippen LogP contribution in [0.3, 0.4) is 0 Å². The summed E-state index contributed by atoms with van der Waals surface area (Å²) in [5.41, 5.74) is 2.88. The highest BCUT2D eigenvalue weighted by Gasteiger charge is 2.52. The molecule has 0 radical (unpaired) electrons. The van der Waals surface area contributed by atoms with Crippen molar-refractivity contribution in [3.8, 4) is 17.1 Å². The van der Waals surface area contributed by atoms with Gasteiger partial charge in [0.1, 0.15) is 6.61 Å². The van der Waals surface area contributed by atoms with E-state index in [1.54, 1.807) is 37.1 Å². The predicted molar refractivity (Wildman–Crippen MR) is 145 cm³/mol. The number of likely N-dealkylation sites (tertiary alicyclic amines) is 2. The number of rotatable bonds is 13. The molecule has 2 saturated heterocycles. The van der Waals surface area contributed by atoms with Gasteiger partial charge in [-0.3, -0.25) is 14.9 Å². The number of benzene rings is 1. The molecule has 4 rings (SSSR count). The highest BCUT2D eigenvalue weighted by Crippen LogP contribution is 2.36. The number of carbonyl (C=O) groups excluding carboxylic acids is 1. The first kappa shape index (κ1) is 29.3. The van der Waals surface area contributed by atoms with E-state index in [9.17, 15) is 18.4 Å². The van der Waals surface area contributed by atoms with Crippen LogP contribution in [-0.2, 0) is 19.4 Å². The van der Waals surface area contributed by atoms with Gasteiger partial charge in [-0.1, -0.05) is 12.1 Å². The molecule has 2 aliphatic rings. The number of nitrogens with zero attached hydrogens (tertiary/aromatic N) is 4. The van der Waals surface area contributed by atoms with E-state index in [1.807, 2.05) is 0 Å². The van der Waals surface area contributed by atoms with E-state index in [-0.39, 0.29) is 17.7 Å². The lowest BCUT2D eigenvalue weighted by Crippen LogP contribution is -2.57. The largest absolute Gasteiger partial charge is 0.475 e. The average molecular weight is 562 g/mol. The number of carbonyl (C=O) groups is 1. The molecule has 1 amide bonds. The van der Waals surface area contributed by atoms with Crippen molar-refractivity contribution < 1.29 is 27.9 Å². The second-order valence-electron chi connectivity index (χ2n) is 10.1. The summed E-state index contributed by atoms with van der Waals surface area (Å²) in [6.45, 7) is 6.00. The van der Waals surface area contributed by atoms with Crippen LogP contribution in [0.15, 0.2) is 41.6 Å². The molecule has 0 bridgehead atoms. The van der Waals surface area contributed by atoms with E-state index in [0.29, 0.717) is 43.4 Å². The van der Waals surface area contributed by atoms with E-state index in [0.717, 1.165) is 39.0 Å². The standard InChI is InChI=1S/C27H39N5O6S/c1-37-18-5-4-14-32-15-10-27(11-16-32,26(33)30-34)39(35,36)23-8-6-22(7-9-23)24-20-29-25(21-28-24)38-19-17-31-12-2-3-13-31/h6-9,20-21,34H,2-5,10-19H2,1H3,(H,30,33). The summed E-state index contributed by atoms with van der Waals surface area (Å²) in [5, 5.41) is 9.43. The van der Waals surface area contributed by atoms with Crippen LogP contribution in [0.4, 0.5) is 0 Å². The lowest BCUT2D eigenvalue weighted by Gasteiger charge is -2.39. The molecular weight excluding hydrogens is 522 g/mol. The third-order valence-corrected chi connectivity index (χ3v) is 10.2. The summed E-state index contributed by atoms with van der Waals surface area (Å²) in [6, 6.07) is 6.27. The van der Waals surface area contributed by atoms with E-state index >= 15 is 0 Å². The Hall–Kier alpha value is -2.64. The Morgan fingerprint density at radius 1 is 0.974 bits per heavy atom. The number of ether oxygens (including phenoxy) is 2. The van der Waals surface area contributed by atoms with Gasteiger partial charge in [-0.2, -0.15) is 0 Å². The zero-order valence-corrected chi connectivity index (χ0v) is 23.4. The van der Waals surface area contributed by atoms with Crippen molar-refractivity contribution >= 4 is 15.7 Å². The fourth-order valence-corrected chi connectivity index (χ4v) is 7.25. The molecule has 2 aliphatic heterocycles. The van der Waals surface area contributed by atoms with Gasteiger partial charge in [0.25, 0.3) is 5.91 Å². The van der Waals surface area contributed by atoms with Gasteiger partial charge in [-0.15, -0.1) is 0 Å². The number of aromatic nitrogens is 2. The SMILES string of the molecule is COCCCCN1CCC(C(=O)NO)(S(=O)(=O)c2ccc(-c3cnc(OCCN4CCCC4)cn3)cc2)CC1. The molecule has 214 valence electrons. The van der Waals surface area contributed by atoms with Crippen LogP contribution in [0.25, 0.3) is 11.3 Å².